The fourth-order valence-electron chi connectivity index (χ4n) is 16.1. The summed E-state index contributed by atoms with van der Waals surface area (Å²) >= 11 is 27.2. The molecule has 0 bridgehead atoms. The van der Waals surface area contributed by atoms with Gasteiger partial charge in [-0.15, -0.1) is 0 Å². The molecule has 0 radical (unpaired) electrons. The monoisotopic (exact) mass is 1870 g/mol. The summed E-state index contributed by atoms with van der Waals surface area (Å²) in [7, 11) is 0. The van der Waals surface area contributed by atoms with E-state index in [1.165, 1.54) is 12.1 Å². The molecule has 8 amide bonds. The molecule has 8 fully saturated rings. The number of phenols is 4. The molecular formula is C84H110BrCl4F9N12O12. The predicted molar refractivity (Wildman–Crippen MR) is 446 cm³/mol. The average Bonchev–Trinajstić information content (AvgIpc) is 0.743. The van der Waals surface area contributed by atoms with E-state index in [0.29, 0.717) is 203 Å². The number of alkyl halides is 8. The van der Waals surface area contributed by atoms with Crippen LogP contribution in [-0.2, 0) is 64.5 Å². The van der Waals surface area contributed by atoms with Gasteiger partial charge in [0.25, 0.3) is 0 Å². The van der Waals surface area contributed by atoms with Crippen molar-refractivity contribution in [2.75, 3.05) is 131 Å². The van der Waals surface area contributed by atoms with Crippen molar-refractivity contribution >= 4 is 110 Å². The standard InChI is InChI=1S/C21H28BrF2N3O3.C21H27Cl2F2N3O3.C21H27ClF3N3O3.C21H28ClF2N3O3/c22-17-1-2-18(28)16(12-17)14-26-7-9-27(10-8-26)20(30)13-25-19(29)11-15-3-5-21(23,24)6-4-15;2*22-16-10-15(20(31)17(23)11-16)13-27-5-7-28(8-6-27)19(30)12-26-18(29)9-14-1-3-21(24,25)4-2-14;22-17-1-2-18(28)16(12-17)14-26-7-9-27(10-8-26)20(30)13-25-19(29)11-15-3-5-21(23,24)6-4-15/h1-2,12,15,28H,3-11,13-14H2,(H,25,29);2*10-11,14,31H,1-9,12-13H2,(H,26,29);1-2,12,15,28H,3-11,13-14H2,(H,25,29). The second-order valence-corrected chi connectivity index (χ2v) is 35.7. The SMILES string of the molecule is O=C(CC1CCC(F)(F)CC1)NCC(=O)N1CCN(Cc2cc(Br)ccc2O)CC1.O=C(CC1CCC(F)(F)CC1)NCC(=O)N1CCN(Cc2cc(Cl)cc(Cl)c2O)CC1.O=C(CC1CCC(F)(F)CC1)NCC(=O)N1CCN(Cc2cc(Cl)cc(F)c2O)CC1.O=C(CC1CCC(F)(F)CC1)NCC(=O)N1CCN(Cc2cc(Cl)ccc2O)CC1. The topological polar surface area (TPSA) is 292 Å². The Morgan fingerprint density at radius 2 is 0.598 bits per heavy atom. The molecule has 4 aliphatic heterocycles. The highest BCUT2D eigenvalue weighted by Crippen LogP contribution is 2.42. The first kappa shape index (κ1) is 98.5. The quantitative estimate of drug-likeness (QED) is 0.0303. The first-order chi connectivity index (χ1) is 57.7. The third kappa shape index (κ3) is 32.9. The van der Waals surface area contributed by atoms with E-state index >= 15 is 0 Å². The molecule has 0 spiro atoms. The highest BCUT2D eigenvalue weighted by Gasteiger charge is 2.40. The number of rotatable bonds is 24. The summed E-state index contributed by atoms with van der Waals surface area (Å²) < 4.78 is 120. The zero-order valence-corrected chi connectivity index (χ0v) is 72.7. The van der Waals surface area contributed by atoms with E-state index < -0.39 is 35.3 Å². The molecule has 4 saturated heterocycles. The number of hydrogen-bond donors (Lipinski definition) is 8. The molecule has 12 rings (SSSR count). The van der Waals surface area contributed by atoms with Gasteiger partial charge in [0.1, 0.15) is 17.2 Å². The van der Waals surface area contributed by atoms with Crippen LogP contribution in [0.5, 0.6) is 23.0 Å². The third-order valence-corrected chi connectivity index (χ3v) is 25.2. The molecule has 0 aromatic heterocycles. The van der Waals surface area contributed by atoms with Gasteiger partial charge >= 0.3 is 0 Å². The van der Waals surface area contributed by atoms with Crippen molar-refractivity contribution in [2.24, 2.45) is 23.7 Å². The first-order valence-corrected chi connectivity index (χ1v) is 43.9. The lowest BCUT2D eigenvalue weighted by Crippen LogP contribution is -2.50. The van der Waals surface area contributed by atoms with Gasteiger partial charge in [-0.1, -0.05) is 62.3 Å². The summed E-state index contributed by atoms with van der Waals surface area (Å²) in [4.78, 5) is 113. The number of hydrogen-bond acceptors (Lipinski definition) is 16. The molecule has 24 nitrogen and oxygen atoms in total. The maximum atomic E-state index is 13.6. The number of nitrogens with zero attached hydrogens (tertiary/aromatic N) is 8. The molecule has 4 aromatic rings. The molecule has 4 aromatic carbocycles. The van der Waals surface area contributed by atoms with Crippen LogP contribution in [0.1, 0.15) is 151 Å². The summed E-state index contributed by atoms with van der Waals surface area (Å²) in [6, 6.07) is 16.0. The van der Waals surface area contributed by atoms with Gasteiger partial charge in [0.2, 0.25) is 70.9 Å². The summed E-state index contributed by atoms with van der Waals surface area (Å²) in [5.41, 5.74) is 2.59. The van der Waals surface area contributed by atoms with Crippen molar-refractivity contribution in [3.63, 3.8) is 0 Å². The Morgan fingerprint density at radius 1 is 0.344 bits per heavy atom. The highest BCUT2D eigenvalue weighted by atomic mass is 79.9. The third-order valence-electron chi connectivity index (χ3n) is 23.8. The minimum Gasteiger partial charge on any atom is -0.508 e. The van der Waals surface area contributed by atoms with E-state index in [0.717, 1.165) is 21.7 Å². The number of benzene rings is 4. The van der Waals surface area contributed by atoms with Gasteiger partial charge in [-0.05, 0) is 136 Å². The number of nitrogens with one attached hydrogen (secondary N) is 4. The number of amides is 8. The second-order valence-electron chi connectivity index (χ2n) is 33.1. The number of aromatic hydroxyl groups is 4. The van der Waals surface area contributed by atoms with E-state index in [9.17, 15) is 98.3 Å². The number of halogens is 14. The first-order valence-electron chi connectivity index (χ1n) is 41.6. The van der Waals surface area contributed by atoms with E-state index in [-0.39, 0.29) is 201 Å². The summed E-state index contributed by atoms with van der Waals surface area (Å²) in [6.07, 6.45) is 2.08. The van der Waals surface area contributed by atoms with Crippen LogP contribution in [0.15, 0.2) is 65.1 Å². The van der Waals surface area contributed by atoms with Crippen molar-refractivity contribution in [1.29, 1.82) is 0 Å². The Morgan fingerprint density at radius 3 is 0.902 bits per heavy atom. The zero-order valence-electron chi connectivity index (χ0n) is 68.1. The van der Waals surface area contributed by atoms with E-state index in [1.807, 2.05) is 11.0 Å². The van der Waals surface area contributed by atoms with Gasteiger partial charge in [-0.2, -0.15) is 0 Å². The minimum atomic E-state index is -2.62. The van der Waals surface area contributed by atoms with Crippen molar-refractivity contribution < 1.29 is 98.3 Å². The molecule has 0 atom stereocenters. The number of piperazine rings is 4. The van der Waals surface area contributed by atoms with Crippen LogP contribution in [0.4, 0.5) is 39.5 Å². The maximum absolute atomic E-state index is 13.6. The molecule has 122 heavy (non-hydrogen) atoms. The highest BCUT2D eigenvalue weighted by molar-refractivity contribution is 9.10. The molecule has 8 N–H and O–H groups in total. The van der Waals surface area contributed by atoms with Crippen LogP contribution in [0.25, 0.3) is 0 Å². The molecule has 4 aliphatic carbocycles. The van der Waals surface area contributed by atoms with Gasteiger partial charge in [-0.25, -0.2) is 39.5 Å². The van der Waals surface area contributed by atoms with E-state index in [1.54, 1.807) is 56.0 Å². The number of carbonyl (C=O) groups is 8. The molecule has 676 valence electrons. The summed E-state index contributed by atoms with van der Waals surface area (Å²) in [5.74, 6) is -13.1. The largest absolute Gasteiger partial charge is 0.508 e. The molecule has 4 heterocycles. The lowest BCUT2D eigenvalue weighted by molar-refractivity contribution is -0.135. The van der Waals surface area contributed by atoms with Gasteiger partial charge in [-0.3, -0.25) is 58.0 Å². The predicted octanol–water partition coefficient (Wildman–Crippen LogP) is 13.0. The van der Waals surface area contributed by atoms with Crippen LogP contribution in [0.3, 0.4) is 0 Å². The maximum Gasteiger partial charge on any atom is 0.248 e. The zero-order chi connectivity index (χ0) is 88.6. The van der Waals surface area contributed by atoms with Gasteiger partial charge in [0, 0.05) is 250 Å². The fraction of sp³-hybridized carbons (Fsp3) is 0.619. The van der Waals surface area contributed by atoms with Gasteiger partial charge < -0.3 is 61.3 Å². The Hall–Kier alpha value is -7.31. The van der Waals surface area contributed by atoms with Gasteiger partial charge in [0.05, 0.1) is 31.2 Å². The van der Waals surface area contributed by atoms with Crippen molar-refractivity contribution in [3.05, 3.63) is 113 Å². The van der Waals surface area contributed by atoms with Crippen LogP contribution >= 0.6 is 62.3 Å². The van der Waals surface area contributed by atoms with Gasteiger partial charge in [0.15, 0.2) is 11.6 Å². The number of carbonyl (C=O) groups excluding carboxylic acids is 8. The van der Waals surface area contributed by atoms with Crippen LogP contribution < -0.4 is 21.3 Å². The Bertz CT molecular complexity index is 3920. The van der Waals surface area contributed by atoms with Crippen molar-refractivity contribution in [1.82, 2.24) is 60.5 Å². The Labute approximate surface area is 733 Å². The normalized spacial score (nSPS) is 20.0. The van der Waals surface area contributed by atoms with Crippen LogP contribution in [-0.4, -0.2) is 261 Å². The minimum absolute atomic E-state index is 0.00831. The Kier molecular flexibility index (Phi) is 37.3. The van der Waals surface area contributed by atoms with E-state index in [4.69, 9.17) is 46.4 Å². The summed E-state index contributed by atoms with van der Waals surface area (Å²) in [6.45, 7) is 10.6. The molecule has 0 unspecified atom stereocenters. The number of phenolic OH excluding ortho intramolecular Hbond substituents is 4. The molecular weight excluding hydrogens is 1760 g/mol. The van der Waals surface area contributed by atoms with Crippen LogP contribution in [0, 0.1) is 29.5 Å². The molecule has 38 heteroatoms. The second kappa shape index (κ2) is 46.2. The fourth-order valence-corrected chi connectivity index (χ4v) is 17.5. The van der Waals surface area contributed by atoms with Crippen molar-refractivity contribution in [2.45, 2.75) is 178 Å². The van der Waals surface area contributed by atoms with E-state index in [2.05, 4.69) is 51.9 Å². The average molecular weight is 1870 g/mol. The summed E-state index contributed by atoms with van der Waals surface area (Å²) in [5, 5.41) is 51.8. The lowest BCUT2D eigenvalue weighted by Gasteiger charge is -2.35. The molecule has 4 saturated carbocycles. The smallest absolute Gasteiger partial charge is 0.248 e. The van der Waals surface area contributed by atoms with Crippen molar-refractivity contribution in [3.8, 4) is 23.0 Å². The Balaban J connectivity index is 0.000000185. The van der Waals surface area contributed by atoms with Crippen LogP contribution in [0.2, 0.25) is 20.1 Å². The molecule has 8 aliphatic rings. The lowest BCUT2D eigenvalue weighted by atomic mass is 9.84.